The van der Waals surface area contributed by atoms with Gasteiger partial charge in [0.2, 0.25) is 0 Å². The van der Waals surface area contributed by atoms with Gasteiger partial charge >= 0.3 is 0 Å². The first-order chi connectivity index (χ1) is 15.9. The van der Waals surface area contributed by atoms with Gasteiger partial charge in [-0.25, -0.2) is 0 Å². The minimum atomic E-state index is 0.399. The Kier molecular flexibility index (Phi) is 21.1. The van der Waals surface area contributed by atoms with Crippen LogP contribution in [0.15, 0.2) is 34.5 Å². The third-order valence-electron chi connectivity index (χ3n) is 6.82. The van der Waals surface area contributed by atoms with Crippen LogP contribution in [0.1, 0.15) is 155 Å². The standard InChI is InChI=1S/C30H56N2/c1-3-5-7-9-11-13-17-21-25-29-27-23-19-15-16-20-24-28-30(32-31-29)26-22-18-14-12-10-8-6-4-2/h19-20,23-24,29-30H,3-18,21-22,25-28H2,1-2H3/b23-19+,24-20+,32-31+. The molecule has 1 rings (SSSR count). The zero-order valence-electron chi connectivity index (χ0n) is 21.9. The molecule has 0 aromatic carbocycles. The lowest BCUT2D eigenvalue weighted by Gasteiger charge is -2.13. The van der Waals surface area contributed by atoms with Crippen LogP contribution in [-0.2, 0) is 0 Å². The molecule has 0 spiro atoms. The zero-order valence-corrected chi connectivity index (χ0v) is 21.9. The lowest BCUT2D eigenvalue weighted by atomic mass is 10.0. The number of azo groups is 1. The van der Waals surface area contributed by atoms with E-state index in [2.05, 4.69) is 38.2 Å². The van der Waals surface area contributed by atoms with Crippen molar-refractivity contribution in [2.24, 2.45) is 10.2 Å². The molecule has 1 heterocycles. The summed E-state index contributed by atoms with van der Waals surface area (Å²) in [5, 5.41) is 9.77. The maximum atomic E-state index is 4.89. The lowest BCUT2D eigenvalue weighted by Crippen LogP contribution is -2.07. The maximum absolute atomic E-state index is 4.89. The third kappa shape index (κ3) is 18.6. The predicted octanol–water partition coefficient (Wildman–Crippen LogP) is 10.9. The molecule has 1 aliphatic rings. The third-order valence-corrected chi connectivity index (χ3v) is 6.82. The van der Waals surface area contributed by atoms with E-state index in [0.29, 0.717) is 12.1 Å². The SMILES string of the molecule is CCCCCCCCCCC1C/C=C/CC/C=C/CC(CCCCCCCCCC)/N=N/1. The van der Waals surface area contributed by atoms with Gasteiger partial charge in [0.15, 0.2) is 0 Å². The van der Waals surface area contributed by atoms with Crippen molar-refractivity contribution >= 4 is 0 Å². The van der Waals surface area contributed by atoms with E-state index in [1.54, 1.807) is 0 Å². The summed E-state index contributed by atoms with van der Waals surface area (Å²) in [6.07, 6.45) is 38.5. The summed E-state index contributed by atoms with van der Waals surface area (Å²) in [7, 11) is 0. The molecular weight excluding hydrogens is 388 g/mol. The molecule has 0 N–H and O–H groups in total. The highest BCUT2D eigenvalue weighted by atomic mass is 15.1. The van der Waals surface area contributed by atoms with Gasteiger partial charge in [0, 0.05) is 0 Å². The van der Waals surface area contributed by atoms with Gasteiger partial charge in [0.05, 0.1) is 12.1 Å². The summed E-state index contributed by atoms with van der Waals surface area (Å²) in [5.41, 5.74) is 0. The number of rotatable bonds is 18. The maximum Gasteiger partial charge on any atom is 0.0742 e. The Hall–Kier alpha value is -0.920. The van der Waals surface area contributed by atoms with Crippen LogP contribution in [0.5, 0.6) is 0 Å². The van der Waals surface area contributed by atoms with Crippen LogP contribution in [0.2, 0.25) is 0 Å². The molecule has 0 bridgehead atoms. The van der Waals surface area contributed by atoms with Crippen molar-refractivity contribution < 1.29 is 0 Å². The zero-order chi connectivity index (χ0) is 23.0. The minimum Gasteiger partial charge on any atom is -0.190 e. The number of unbranched alkanes of at least 4 members (excludes halogenated alkanes) is 14. The first kappa shape index (κ1) is 29.1. The quantitative estimate of drug-likeness (QED) is 0.148. The summed E-state index contributed by atoms with van der Waals surface area (Å²) < 4.78 is 0. The van der Waals surface area contributed by atoms with Gasteiger partial charge in [-0.15, -0.1) is 0 Å². The molecule has 0 saturated carbocycles. The van der Waals surface area contributed by atoms with Gasteiger partial charge in [0.1, 0.15) is 0 Å². The summed E-state index contributed by atoms with van der Waals surface area (Å²) in [4.78, 5) is 0. The van der Waals surface area contributed by atoms with Gasteiger partial charge in [0.25, 0.3) is 0 Å². The van der Waals surface area contributed by atoms with Crippen molar-refractivity contribution in [3.05, 3.63) is 24.3 Å². The van der Waals surface area contributed by atoms with Gasteiger partial charge in [-0.1, -0.05) is 141 Å². The van der Waals surface area contributed by atoms with Crippen LogP contribution >= 0.6 is 0 Å². The average molecular weight is 445 g/mol. The van der Waals surface area contributed by atoms with Gasteiger partial charge in [-0.3, -0.25) is 0 Å². The van der Waals surface area contributed by atoms with Crippen LogP contribution in [0.25, 0.3) is 0 Å². The van der Waals surface area contributed by atoms with E-state index in [1.165, 1.54) is 128 Å². The number of hydrogen-bond acceptors (Lipinski definition) is 2. The van der Waals surface area contributed by atoms with Gasteiger partial charge < -0.3 is 0 Å². The molecule has 0 aromatic heterocycles. The highest BCUT2D eigenvalue weighted by Gasteiger charge is 2.10. The van der Waals surface area contributed by atoms with Crippen molar-refractivity contribution in [1.29, 1.82) is 0 Å². The monoisotopic (exact) mass is 444 g/mol. The van der Waals surface area contributed by atoms with E-state index in [0.717, 1.165) is 12.8 Å². The fourth-order valence-electron chi connectivity index (χ4n) is 4.60. The smallest absolute Gasteiger partial charge is 0.0742 e. The van der Waals surface area contributed by atoms with Crippen LogP contribution in [-0.4, -0.2) is 12.1 Å². The number of allylic oxidation sites excluding steroid dienone is 2. The molecule has 2 atom stereocenters. The molecular formula is C30H56N2. The van der Waals surface area contributed by atoms with E-state index in [4.69, 9.17) is 10.2 Å². The second-order valence-corrected chi connectivity index (χ2v) is 10.1. The van der Waals surface area contributed by atoms with E-state index in [9.17, 15) is 0 Å². The normalized spacial score (nSPS) is 22.7. The van der Waals surface area contributed by atoms with Crippen molar-refractivity contribution in [1.82, 2.24) is 0 Å². The van der Waals surface area contributed by atoms with Crippen molar-refractivity contribution in [3.8, 4) is 0 Å². The van der Waals surface area contributed by atoms with Crippen molar-refractivity contribution in [2.75, 3.05) is 0 Å². The van der Waals surface area contributed by atoms with E-state index in [1.807, 2.05) is 0 Å². The Bertz CT molecular complexity index is 423. The Morgan fingerprint density at radius 3 is 1.19 bits per heavy atom. The molecule has 0 fully saturated rings. The Labute approximate surface area is 201 Å². The summed E-state index contributed by atoms with van der Waals surface area (Å²) >= 11 is 0. The number of nitrogens with zero attached hydrogens (tertiary/aromatic N) is 2. The Balaban J connectivity index is 2.33. The largest absolute Gasteiger partial charge is 0.190 e. The second-order valence-electron chi connectivity index (χ2n) is 10.1. The Morgan fingerprint density at radius 2 is 0.812 bits per heavy atom. The highest BCUT2D eigenvalue weighted by Crippen LogP contribution is 2.19. The summed E-state index contributed by atoms with van der Waals surface area (Å²) in [5.74, 6) is 0. The topological polar surface area (TPSA) is 24.7 Å². The summed E-state index contributed by atoms with van der Waals surface area (Å²) in [6.45, 7) is 4.59. The number of hydrogen-bond donors (Lipinski definition) is 0. The van der Waals surface area contributed by atoms with E-state index in [-0.39, 0.29) is 0 Å². The fraction of sp³-hybridized carbons (Fsp3) is 0.867. The van der Waals surface area contributed by atoms with Crippen LogP contribution < -0.4 is 0 Å². The van der Waals surface area contributed by atoms with Gasteiger partial charge in [-0.05, 0) is 38.5 Å². The second kappa shape index (κ2) is 23.2. The van der Waals surface area contributed by atoms with Crippen LogP contribution in [0.4, 0.5) is 0 Å². The molecule has 0 aromatic rings. The molecule has 0 radical (unpaired) electrons. The molecule has 0 saturated heterocycles. The lowest BCUT2D eigenvalue weighted by molar-refractivity contribution is 0.480. The highest BCUT2D eigenvalue weighted by molar-refractivity contribution is 4.92. The molecule has 32 heavy (non-hydrogen) atoms. The van der Waals surface area contributed by atoms with Crippen LogP contribution in [0, 0.1) is 0 Å². The average Bonchev–Trinajstić information content (AvgIpc) is 2.80. The summed E-state index contributed by atoms with van der Waals surface area (Å²) in [6, 6.07) is 0.798. The van der Waals surface area contributed by atoms with E-state index < -0.39 is 0 Å². The molecule has 2 nitrogen and oxygen atoms in total. The predicted molar refractivity (Wildman–Crippen MR) is 144 cm³/mol. The van der Waals surface area contributed by atoms with E-state index >= 15 is 0 Å². The molecule has 1 aliphatic heterocycles. The minimum absolute atomic E-state index is 0.399. The van der Waals surface area contributed by atoms with Crippen molar-refractivity contribution in [3.63, 3.8) is 0 Å². The van der Waals surface area contributed by atoms with Crippen LogP contribution in [0.3, 0.4) is 0 Å². The van der Waals surface area contributed by atoms with Crippen molar-refractivity contribution in [2.45, 2.75) is 167 Å². The molecule has 0 amide bonds. The fourth-order valence-corrected chi connectivity index (χ4v) is 4.60. The molecule has 186 valence electrons. The molecule has 2 heteroatoms. The first-order valence-corrected chi connectivity index (χ1v) is 14.6. The first-order valence-electron chi connectivity index (χ1n) is 14.6. The molecule has 0 aliphatic carbocycles. The molecule has 2 unspecified atom stereocenters. The van der Waals surface area contributed by atoms with Gasteiger partial charge in [-0.2, -0.15) is 10.2 Å². The Morgan fingerprint density at radius 1 is 0.469 bits per heavy atom.